The van der Waals surface area contributed by atoms with E-state index in [1.807, 2.05) is 24.3 Å². The van der Waals surface area contributed by atoms with Crippen LogP contribution >= 0.6 is 0 Å². The zero-order valence-electron chi connectivity index (χ0n) is 18.3. The minimum absolute atomic E-state index is 0.116. The first-order valence-corrected chi connectivity index (χ1v) is 10.8. The Morgan fingerprint density at radius 2 is 2.00 bits per heavy atom. The Morgan fingerprint density at radius 3 is 2.80 bits per heavy atom. The maximum Gasteiger partial charge on any atom is 0.326 e. The predicted octanol–water partition coefficient (Wildman–Crippen LogP) is 3.57. The molecule has 0 fully saturated rings. The number of benzene rings is 2. The molecule has 35 heavy (non-hydrogen) atoms. The van der Waals surface area contributed by atoms with E-state index in [0.717, 1.165) is 16.5 Å². The van der Waals surface area contributed by atoms with Crippen LogP contribution in [0.2, 0.25) is 0 Å². The number of hydrogen-bond donors (Lipinski definition) is 3. The molecule has 1 aliphatic rings. The molecule has 9 heteroatoms. The second-order valence-corrected chi connectivity index (χ2v) is 7.92. The number of carboxylic acid groups (broad SMARTS) is 1. The van der Waals surface area contributed by atoms with E-state index < -0.39 is 24.5 Å². The fraction of sp³-hybridized carbons (Fsp3) is 0.115. The van der Waals surface area contributed by atoms with Crippen molar-refractivity contribution >= 4 is 34.6 Å². The van der Waals surface area contributed by atoms with Gasteiger partial charge in [0.05, 0.1) is 11.8 Å². The van der Waals surface area contributed by atoms with Gasteiger partial charge in [0.1, 0.15) is 23.3 Å². The van der Waals surface area contributed by atoms with Crippen LogP contribution in [-0.4, -0.2) is 40.4 Å². The number of amides is 1. The van der Waals surface area contributed by atoms with Crippen molar-refractivity contribution in [1.29, 1.82) is 0 Å². The first-order valence-electron chi connectivity index (χ1n) is 10.8. The Labute approximate surface area is 199 Å². The lowest BCUT2D eigenvalue weighted by molar-refractivity contribution is -0.142. The van der Waals surface area contributed by atoms with Gasteiger partial charge < -0.3 is 29.3 Å². The van der Waals surface area contributed by atoms with E-state index in [1.165, 1.54) is 18.4 Å². The van der Waals surface area contributed by atoms with Gasteiger partial charge in [0.2, 0.25) is 5.78 Å². The number of carbonyl (C=O) groups excluding carboxylic acids is 2. The lowest BCUT2D eigenvalue weighted by atomic mass is 10.1. The number of ketones is 1. The fourth-order valence-electron chi connectivity index (χ4n) is 3.86. The molecule has 0 saturated carbocycles. The summed E-state index contributed by atoms with van der Waals surface area (Å²) in [6, 6.07) is 14.4. The van der Waals surface area contributed by atoms with E-state index in [0.29, 0.717) is 22.8 Å². The first-order chi connectivity index (χ1) is 17.0. The summed E-state index contributed by atoms with van der Waals surface area (Å²) < 4.78 is 16.3. The predicted molar refractivity (Wildman–Crippen MR) is 125 cm³/mol. The van der Waals surface area contributed by atoms with Gasteiger partial charge >= 0.3 is 5.97 Å². The molecule has 0 spiro atoms. The molecule has 1 amide bonds. The van der Waals surface area contributed by atoms with Gasteiger partial charge in [-0.15, -0.1) is 0 Å². The average molecular weight is 472 g/mol. The molecular formula is C26H20N2O7. The molecule has 5 rings (SSSR count). The third kappa shape index (κ3) is 4.65. The van der Waals surface area contributed by atoms with Gasteiger partial charge in [-0.2, -0.15) is 0 Å². The van der Waals surface area contributed by atoms with Crippen LogP contribution in [0.15, 0.2) is 77.2 Å². The number of aliphatic carboxylic acids is 1. The third-order valence-electron chi connectivity index (χ3n) is 5.56. The zero-order chi connectivity index (χ0) is 24.4. The lowest BCUT2D eigenvalue weighted by Crippen LogP contribution is -2.44. The maximum absolute atomic E-state index is 12.5. The Balaban J connectivity index is 1.21. The van der Waals surface area contributed by atoms with Gasteiger partial charge in [0, 0.05) is 35.7 Å². The summed E-state index contributed by atoms with van der Waals surface area (Å²) in [4.78, 5) is 39.8. The second-order valence-electron chi connectivity index (χ2n) is 7.92. The van der Waals surface area contributed by atoms with Crippen molar-refractivity contribution in [2.75, 3.05) is 6.61 Å². The average Bonchev–Trinajstić information content (AvgIpc) is 3.58. The van der Waals surface area contributed by atoms with Crippen molar-refractivity contribution in [1.82, 2.24) is 10.3 Å². The van der Waals surface area contributed by atoms with E-state index in [2.05, 4.69) is 10.3 Å². The number of para-hydroxylation sites is 1. The third-order valence-corrected chi connectivity index (χ3v) is 5.56. The number of aromatic amines is 1. The minimum Gasteiger partial charge on any atom is -0.484 e. The van der Waals surface area contributed by atoms with E-state index in [-0.39, 0.29) is 18.0 Å². The normalized spacial score (nSPS) is 14.5. The van der Waals surface area contributed by atoms with Gasteiger partial charge in [-0.3, -0.25) is 9.59 Å². The van der Waals surface area contributed by atoms with E-state index in [1.54, 1.807) is 30.5 Å². The summed E-state index contributed by atoms with van der Waals surface area (Å²) >= 11 is 0. The topological polar surface area (TPSA) is 131 Å². The standard InChI is InChI=1S/C26H20N2O7/c29-24(28-21(26(31)32)10-15-13-27-20-6-2-1-5-18(15)20)14-34-17-7-8-19-22(11-17)35-23(25(19)30)12-16-4-3-9-33-16/h1-9,11-13,21,27H,10,14H2,(H,28,29)(H,31,32)/t21-/m0/s1. The Hall–Kier alpha value is -4.79. The molecule has 3 N–H and O–H groups in total. The highest BCUT2D eigenvalue weighted by Gasteiger charge is 2.28. The fourth-order valence-corrected chi connectivity index (χ4v) is 3.86. The van der Waals surface area contributed by atoms with Crippen LogP contribution in [0.3, 0.4) is 0 Å². The molecule has 2 aromatic heterocycles. The molecular weight excluding hydrogens is 452 g/mol. The van der Waals surface area contributed by atoms with Gasteiger partial charge in [0.15, 0.2) is 12.4 Å². The minimum atomic E-state index is -1.15. The highest BCUT2D eigenvalue weighted by Crippen LogP contribution is 2.35. The summed E-state index contributed by atoms with van der Waals surface area (Å²) in [5.74, 6) is -0.830. The molecule has 0 saturated heterocycles. The smallest absolute Gasteiger partial charge is 0.326 e. The molecule has 0 radical (unpaired) electrons. The molecule has 3 heterocycles. The van der Waals surface area contributed by atoms with Gasteiger partial charge in [-0.25, -0.2) is 4.79 Å². The summed E-state index contributed by atoms with van der Waals surface area (Å²) in [6.45, 7) is -0.403. The van der Waals surface area contributed by atoms with E-state index in [9.17, 15) is 19.5 Å². The van der Waals surface area contributed by atoms with Gasteiger partial charge in [-0.05, 0) is 35.9 Å². The zero-order valence-corrected chi connectivity index (χ0v) is 18.3. The van der Waals surface area contributed by atoms with Crippen molar-refractivity contribution in [3.63, 3.8) is 0 Å². The van der Waals surface area contributed by atoms with Crippen molar-refractivity contribution in [2.45, 2.75) is 12.5 Å². The summed E-state index contributed by atoms with van der Waals surface area (Å²) in [5, 5.41) is 13.0. The molecule has 0 aliphatic carbocycles. The van der Waals surface area contributed by atoms with Crippen molar-refractivity contribution in [3.05, 3.63) is 89.7 Å². The monoisotopic (exact) mass is 472 g/mol. The molecule has 176 valence electrons. The first kappa shape index (κ1) is 22.0. The van der Waals surface area contributed by atoms with Gasteiger partial charge in [0.25, 0.3) is 5.91 Å². The van der Waals surface area contributed by atoms with E-state index in [4.69, 9.17) is 13.9 Å². The number of fused-ring (bicyclic) bond motifs is 2. The quantitative estimate of drug-likeness (QED) is 0.334. The Bertz CT molecular complexity index is 1450. The highest BCUT2D eigenvalue weighted by molar-refractivity contribution is 6.14. The second kappa shape index (κ2) is 9.22. The van der Waals surface area contributed by atoms with Gasteiger partial charge in [-0.1, -0.05) is 18.2 Å². The molecule has 0 unspecified atom stereocenters. The largest absolute Gasteiger partial charge is 0.484 e. The van der Waals surface area contributed by atoms with E-state index >= 15 is 0 Å². The highest BCUT2D eigenvalue weighted by atomic mass is 16.5. The Kier molecular flexibility index (Phi) is 5.80. The number of allylic oxidation sites excluding steroid dienone is 1. The summed E-state index contributed by atoms with van der Waals surface area (Å²) in [7, 11) is 0. The molecule has 0 bridgehead atoms. The number of carboxylic acids is 1. The lowest BCUT2D eigenvalue weighted by Gasteiger charge is -2.15. The molecule has 4 aromatic rings. The number of hydrogen-bond acceptors (Lipinski definition) is 6. The number of carbonyl (C=O) groups is 3. The number of rotatable bonds is 8. The molecule has 2 aromatic carbocycles. The van der Waals surface area contributed by atoms with Crippen LogP contribution in [-0.2, 0) is 16.0 Å². The molecule has 9 nitrogen and oxygen atoms in total. The number of ether oxygens (including phenoxy) is 2. The summed E-state index contributed by atoms with van der Waals surface area (Å²) in [6.07, 6.45) is 4.84. The Morgan fingerprint density at radius 1 is 1.14 bits per heavy atom. The number of nitrogens with one attached hydrogen (secondary N) is 2. The van der Waals surface area contributed by atoms with Crippen LogP contribution in [0, 0.1) is 0 Å². The maximum atomic E-state index is 12.5. The van der Waals surface area contributed by atoms with Crippen molar-refractivity contribution in [3.8, 4) is 11.5 Å². The van der Waals surface area contributed by atoms with Crippen molar-refractivity contribution < 1.29 is 33.4 Å². The molecule has 1 atom stereocenters. The number of H-pyrrole nitrogens is 1. The van der Waals surface area contributed by atoms with Crippen LogP contribution < -0.4 is 14.8 Å². The number of furan rings is 1. The van der Waals surface area contributed by atoms with Crippen LogP contribution in [0.1, 0.15) is 21.7 Å². The van der Waals surface area contributed by atoms with Crippen LogP contribution in [0.4, 0.5) is 0 Å². The number of Topliss-reactive ketones (excluding diaryl/α,β-unsaturated/α-hetero) is 1. The number of aromatic nitrogens is 1. The van der Waals surface area contributed by atoms with Crippen LogP contribution in [0.25, 0.3) is 17.0 Å². The van der Waals surface area contributed by atoms with Crippen molar-refractivity contribution in [2.24, 2.45) is 0 Å². The summed E-state index contributed by atoms with van der Waals surface area (Å²) in [5.41, 5.74) is 2.04. The SMILES string of the molecule is O=C(COc1ccc2c(c1)OC(=Cc1ccco1)C2=O)N[C@@H](Cc1c[nH]c2ccccc12)C(=O)O. The van der Waals surface area contributed by atoms with Crippen LogP contribution in [0.5, 0.6) is 11.5 Å². The molecule has 1 aliphatic heterocycles.